The first-order valence-electron chi connectivity index (χ1n) is 10.3. The molecule has 2 fully saturated rings. The Morgan fingerprint density at radius 1 is 1.00 bits per heavy atom. The van der Waals surface area contributed by atoms with E-state index in [0.717, 1.165) is 63.1 Å². The Kier molecular flexibility index (Phi) is 6.09. The average Bonchev–Trinajstić information content (AvgIpc) is 2.80. The largest absolute Gasteiger partial charge is 0.378 e. The van der Waals surface area contributed by atoms with Gasteiger partial charge in [-0.25, -0.2) is 14.8 Å². The van der Waals surface area contributed by atoms with Gasteiger partial charge in [-0.2, -0.15) is 0 Å². The Hall–Kier alpha value is -2.87. The van der Waals surface area contributed by atoms with Crippen LogP contribution in [0.5, 0.6) is 0 Å². The van der Waals surface area contributed by atoms with E-state index in [4.69, 9.17) is 4.74 Å². The van der Waals surface area contributed by atoms with Gasteiger partial charge in [-0.05, 0) is 24.1 Å². The third kappa shape index (κ3) is 4.76. The van der Waals surface area contributed by atoms with Crippen molar-refractivity contribution >= 4 is 23.4 Å². The fraction of sp³-hybridized carbons (Fsp3) is 0.476. The fourth-order valence-corrected chi connectivity index (χ4v) is 3.69. The van der Waals surface area contributed by atoms with Gasteiger partial charge in [0.2, 0.25) is 0 Å². The number of aromatic nitrogens is 2. The number of hydrogen-bond donors (Lipinski definition) is 1. The zero-order valence-corrected chi connectivity index (χ0v) is 16.9. The highest BCUT2D eigenvalue weighted by molar-refractivity contribution is 5.89. The molecule has 8 nitrogen and oxygen atoms in total. The number of nitrogens with one attached hydrogen (secondary N) is 1. The maximum Gasteiger partial charge on any atom is 0.321 e. The predicted molar refractivity (Wildman–Crippen MR) is 114 cm³/mol. The van der Waals surface area contributed by atoms with Crippen LogP contribution in [-0.4, -0.2) is 73.4 Å². The summed E-state index contributed by atoms with van der Waals surface area (Å²) in [6, 6.07) is 10.0. The third-order valence-electron chi connectivity index (χ3n) is 5.45. The van der Waals surface area contributed by atoms with E-state index in [2.05, 4.69) is 38.1 Å². The number of aryl methyl sites for hydroxylation is 1. The molecule has 2 saturated heterocycles. The minimum Gasteiger partial charge on any atom is -0.378 e. The molecule has 2 amide bonds. The monoisotopic (exact) mass is 396 g/mol. The van der Waals surface area contributed by atoms with E-state index in [0.29, 0.717) is 13.1 Å². The number of piperazine rings is 1. The molecular weight excluding hydrogens is 368 g/mol. The van der Waals surface area contributed by atoms with Gasteiger partial charge in [-0.1, -0.05) is 19.1 Å². The number of ether oxygens (including phenoxy) is 1. The van der Waals surface area contributed by atoms with E-state index in [1.54, 1.807) is 6.33 Å². The Morgan fingerprint density at radius 3 is 2.38 bits per heavy atom. The molecule has 154 valence electrons. The molecule has 1 aromatic heterocycles. The van der Waals surface area contributed by atoms with Gasteiger partial charge in [0.1, 0.15) is 18.0 Å². The molecule has 1 N–H and O–H groups in total. The van der Waals surface area contributed by atoms with Crippen molar-refractivity contribution in [1.82, 2.24) is 14.9 Å². The highest BCUT2D eigenvalue weighted by atomic mass is 16.5. The van der Waals surface area contributed by atoms with Crippen LogP contribution in [0.1, 0.15) is 12.5 Å². The molecule has 0 unspecified atom stereocenters. The maximum absolute atomic E-state index is 12.6. The molecule has 0 radical (unpaired) electrons. The number of anilines is 3. The lowest BCUT2D eigenvalue weighted by Crippen LogP contribution is -2.50. The molecule has 2 aliphatic heterocycles. The molecular formula is C21H28N6O2. The Morgan fingerprint density at radius 2 is 1.69 bits per heavy atom. The van der Waals surface area contributed by atoms with Crippen molar-refractivity contribution in [2.75, 3.05) is 67.6 Å². The van der Waals surface area contributed by atoms with Crippen molar-refractivity contribution in [2.45, 2.75) is 13.3 Å². The summed E-state index contributed by atoms with van der Waals surface area (Å²) in [5, 5.41) is 3.02. The molecule has 0 aliphatic carbocycles. The molecule has 1 aromatic carbocycles. The molecule has 29 heavy (non-hydrogen) atoms. The molecule has 0 bridgehead atoms. The van der Waals surface area contributed by atoms with Crippen molar-refractivity contribution in [3.63, 3.8) is 0 Å². The summed E-state index contributed by atoms with van der Waals surface area (Å²) in [4.78, 5) is 27.8. The van der Waals surface area contributed by atoms with Crippen LogP contribution < -0.4 is 15.1 Å². The van der Waals surface area contributed by atoms with Crippen LogP contribution in [0.2, 0.25) is 0 Å². The fourth-order valence-electron chi connectivity index (χ4n) is 3.69. The number of morpholine rings is 1. The van der Waals surface area contributed by atoms with Crippen LogP contribution in [-0.2, 0) is 11.2 Å². The number of benzene rings is 1. The van der Waals surface area contributed by atoms with Crippen LogP contribution in [0.3, 0.4) is 0 Å². The number of rotatable bonds is 4. The van der Waals surface area contributed by atoms with Crippen LogP contribution in [0, 0.1) is 0 Å². The zero-order valence-electron chi connectivity index (χ0n) is 16.9. The molecule has 2 aromatic rings. The zero-order chi connectivity index (χ0) is 20.1. The lowest BCUT2D eigenvalue weighted by Gasteiger charge is -2.36. The highest BCUT2D eigenvalue weighted by Gasteiger charge is 2.23. The maximum atomic E-state index is 12.6. The summed E-state index contributed by atoms with van der Waals surface area (Å²) in [7, 11) is 0. The van der Waals surface area contributed by atoms with Crippen molar-refractivity contribution in [3.8, 4) is 0 Å². The van der Waals surface area contributed by atoms with E-state index in [-0.39, 0.29) is 6.03 Å². The molecule has 4 rings (SSSR count). The number of nitrogens with zero attached hydrogens (tertiary/aromatic N) is 5. The van der Waals surface area contributed by atoms with Crippen molar-refractivity contribution in [3.05, 3.63) is 42.2 Å². The van der Waals surface area contributed by atoms with E-state index in [9.17, 15) is 4.79 Å². The topological polar surface area (TPSA) is 73.8 Å². The summed E-state index contributed by atoms with van der Waals surface area (Å²) in [5.74, 6) is 1.85. The van der Waals surface area contributed by atoms with Gasteiger partial charge in [-0.3, -0.25) is 0 Å². The predicted octanol–water partition coefficient (Wildman–Crippen LogP) is 2.23. The number of carbonyl (C=O) groups excluding carboxylic acids is 1. The number of urea groups is 1. The number of amides is 2. The van der Waals surface area contributed by atoms with E-state index < -0.39 is 0 Å². The first-order chi connectivity index (χ1) is 14.2. The summed E-state index contributed by atoms with van der Waals surface area (Å²) in [6.45, 7) is 8.10. The normalized spacial score (nSPS) is 17.3. The van der Waals surface area contributed by atoms with Crippen molar-refractivity contribution in [2.24, 2.45) is 0 Å². The second-order valence-corrected chi connectivity index (χ2v) is 7.29. The van der Waals surface area contributed by atoms with Gasteiger partial charge >= 0.3 is 6.03 Å². The Balaban J connectivity index is 1.33. The first kappa shape index (κ1) is 19.4. The highest BCUT2D eigenvalue weighted by Crippen LogP contribution is 2.20. The lowest BCUT2D eigenvalue weighted by molar-refractivity contribution is 0.122. The third-order valence-corrected chi connectivity index (χ3v) is 5.45. The summed E-state index contributed by atoms with van der Waals surface area (Å²) in [6.07, 6.45) is 2.58. The van der Waals surface area contributed by atoms with Gasteiger partial charge in [-0.15, -0.1) is 0 Å². The summed E-state index contributed by atoms with van der Waals surface area (Å²) >= 11 is 0. The first-order valence-corrected chi connectivity index (χ1v) is 10.3. The van der Waals surface area contributed by atoms with Crippen LogP contribution in [0.25, 0.3) is 0 Å². The van der Waals surface area contributed by atoms with Gasteiger partial charge < -0.3 is 24.8 Å². The molecule has 2 aliphatic rings. The second-order valence-electron chi connectivity index (χ2n) is 7.29. The Labute approximate surface area is 171 Å². The van der Waals surface area contributed by atoms with Crippen molar-refractivity contribution in [1.29, 1.82) is 0 Å². The Bertz CT molecular complexity index is 831. The van der Waals surface area contributed by atoms with Crippen LogP contribution >= 0.6 is 0 Å². The van der Waals surface area contributed by atoms with Crippen LogP contribution in [0.15, 0.2) is 36.7 Å². The quantitative estimate of drug-likeness (QED) is 0.854. The minimum absolute atomic E-state index is 0.0467. The smallest absolute Gasteiger partial charge is 0.321 e. The molecule has 8 heteroatoms. The molecule has 0 atom stereocenters. The van der Waals surface area contributed by atoms with Crippen molar-refractivity contribution < 1.29 is 9.53 Å². The SMILES string of the molecule is CCc1cccc(NC(=O)N2CCN(c3cc(N4CCOCC4)ncn3)CC2)c1. The van der Waals surface area contributed by atoms with Crippen LogP contribution in [0.4, 0.5) is 22.1 Å². The van der Waals surface area contributed by atoms with E-state index in [1.165, 1.54) is 5.56 Å². The molecule has 0 spiro atoms. The van der Waals surface area contributed by atoms with E-state index in [1.807, 2.05) is 29.2 Å². The summed E-state index contributed by atoms with van der Waals surface area (Å²) in [5.41, 5.74) is 2.06. The van der Waals surface area contributed by atoms with Gasteiger partial charge in [0.05, 0.1) is 13.2 Å². The standard InChI is InChI=1S/C21H28N6O2/c1-2-17-4-3-5-18(14-17)24-21(28)27-8-6-25(7-9-27)19-15-20(23-16-22-19)26-10-12-29-13-11-26/h3-5,14-16H,2,6-13H2,1H3,(H,24,28). The number of carbonyl (C=O) groups is 1. The van der Waals surface area contributed by atoms with Gasteiger partial charge in [0.15, 0.2) is 0 Å². The number of hydrogen-bond acceptors (Lipinski definition) is 6. The lowest BCUT2D eigenvalue weighted by atomic mass is 10.1. The van der Waals surface area contributed by atoms with Gasteiger partial charge in [0, 0.05) is 51.0 Å². The molecule has 3 heterocycles. The minimum atomic E-state index is -0.0467. The average molecular weight is 396 g/mol. The van der Waals surface area contributed by atoms with Gasteiger partial charge in [0.25, 0.3) is 0 Å². The van der Waals surface area contributed by atoms with E-state index >= 15 is 0 Å². The second kappa shape index (κ2) is 9.09. The molecule has 0 saturated carbocycles. The summed E-state index contributed by atoms with van der Waals surface area (Å²) < 4.78 is 5.42.